The van der Waals surface area contributed by atoms with Crippen molar-refractivity contribution in [3.8, 4) is 11.3 Å². The second-order valence-corrected chi connectivity index (χ2v) is 7.12. The number of aryl methyl sites for hydroxylation is 2. The number of hydrogen-bond acceptors (Lipinski definition) is 5. The minimum atomic E-state index is -0.532. The summed E-state index contributed by atoms with van der Waals surface area (Å²) in [5, 5.41) is 5.37. The maximum absolute atomic E-state index is 12.5. The van der Waals surface area contributed by atoms with Crippen LogP contribution in [-0.2, 0) is 0 Å². The molecule has 5 nitrogen and oxygen atoms in total. The molecule has 2 aromatic heterocycles. The van der Waals surface area contributed by atoms with Crippen molar-refractivity contribution in [2.75, 3.05) is 5.32 Å². The minimum Gasteiger partial charge on any atom is -0.463 e. The standard InChI is InChI=1S/C21H16N2O3S/c1-12-7-8-14(9-13(12)2)17-11-27-21(22-17)23-20(25)16-10-26-18-6-4-3-5-15(18)19(16)24/h3-11H,1-2H3,(H,22,23,25). The lowest BCUT2D eigenvalue weighted by atomic mass is 10.1. The van der Waals surface area contributed by atoms with E-state index in [-0.39, 0.29) is 11.0 Å². The molecule has 2 heterocycles. The smallest absolute Gasteiger partial charge is 0.264 e. The number of rotatable bonds is 3. The van der Waals surface area contributed by atoms with E-state index in [0.717, 1.165) is 11.3 Å². The summed E-state index contributed by atoms with van der Waals surface area (Å²) >= 11 is 1.31. The van der Waals surface area contributed by atoms with Crippen LogP contribution in [0.3, 0.4) is 0 Å². The molecule has 4 aromatic rings. The van der Waals surface area contributed by atoms with Gasteiger partial charge in [0.25, 0.3) is 5.91 Å². The highest BCUT2D eigenvalue weighted by atomic mass is 32.1. The number of aromatic nitrogens is 1. The van der Waals surface area contributed by atoms with Gasteiger partial charge in [-0.3, -0.25) is 14.9 Å². The van der Waals surface area contributed by atoms with Crippen LogP contribution in [0.4, 0.5) is 5.13 Å². The van der Waals surface area contributed by atoms with E-state index in [1.165, 1.54) is 28.7 Å². The lowest BCUT2D eigenvalue weighted by Gasteiger charge is -2.03. The van der Waals surface area contributed by atoms with Gasteiger partial charge < -0.3 is 4.42 Å². The molecule has 0 aliphatic carbocycles. The Balaban J connectivity index is 1.61. The number of carbonyl (C=O) groups is 1. The van der Waals surface area contributed by atoms with Crippen molar-refractivity contribution in [2.45, 2.75) is 13.8 Å². The predicted octanol–water partition coefficient (Wildman–Crippen LogP) is 4.79. The van der Waals surface area contributed by atoms with Crippen molar-refractivity contribution in [2.24, 2.45) is 0 Å². The monoisotopic (exact) mass is 376 g/mol. The molecule has 2 aromatic carbocycles. The van der Waals surface area contributed by atoms with E-state index in [2.05, 4.69) is 23.3 Å². The fourth-order valence-electron chi connectivity index (χ4n) is 2.76. The van der Waals surface area contributed by atoms with E-state index in [1.54, 1.807) is 24.3 Å². The van der Waals surface area contributed by atoms with E-state index in [9.17, 15) is 9.59 Å². The number of carbonyl (C=O) groups excluding carboxylic acids is 1. The van der Waals surface area contributed by atoms with Crippen LogP contribution in [0.25, 0.3) is 22.2 Å². The summed E-state index contributed by atoms with van der Waals surface area (Å²) in [5.74, 6) is -0.532. The van der Waals surface area contributed by atoms with Gasteiger partial charge in [-0.05, 0) is 43.2 Å². The van der Waals surface area contributed by atoms with Crippen LogP contribution in [-0.4, -0.2) is 10.9 Å². The van der Waals surface area contributed by atoms with Crippen LogP contribution in [0.5, 0.6) is 0 Å². The van der Waals surface area contributed by atoms with Crippen LogP contribution in [0.2, 0.25) is 0 Å². The summed E-state index contributed by atoms with van der Waals surface area (Å²) in [5.41, 5.74) is 4.21. The van der Waals surface area contributed by atoms with Crippen LogP contribution in [0.15, 0.2) is 63.3 Å². The summed E-state index contributed by atoms with van der Waals surface area (Å²) in [6, 6.07) is 12.9. The quantitative estimate of drug-likeness (QED) is 0.558. The number of nitrogens with zero attached hydrogens (tertiary/aromatic N) is 1. The van der Waals surface area contributed by atoms with Gasteiger partial charge in [0.1, 0.15) is 17.4 Å². The van der Waals surface area contributed by atoms with E-state index in [0.29, 0.717) is 16.1 Å². The first kappa shape index (κ1) is 17.2. The molecule has 134 valence electrons. The predicted molar refractivity (Wildman–Crippen MR) is 107 cm³/mol. The molecule has 6 heteroatoms. The highest BCUT2D eigenvalue weighted by Gasteiger charge is 2.16. The molecule has 4 rings (SSSR count). The topological polar surface area (TPSA) is 72.2 Å². The number of nitrogens with one attached hydrogen (secondary N) is 1. The van der Waals surface area contributed by atoms with Gasteiger partial charge in [-0.1, -0.05) is 24.3 Å². The van der Waals surface area contributed by atoms with Crippen LogP contribution < -0.4 is 10.7 Å². The first-order valence-electron chi connectivity index (χ1n) is 8.38. The van der Waals surface area contributed by atoms with Gasteiger partial charge in [0.2, 0.25) is 5.43 Å². The lowest BCUT2D eigenvalue weighted by Crippen LogP contribution is -2.21. The lowest BCUT2D eigenvalue weighted by molar-refractivity contribution is 0.102. The fourth-order valence-corrected chi connectivity index (χ4v) is 3.48. The summed E-state index contributed by atoms with van der Waals surface area (Å²) in [4.78, 5) is 29.5. The van der Waals surface area contributed by atoms with Crippen LogP contribution in [0.1, 0.15) is 21.5 Å². The molecule has 1 amide bonds. The van der Waals surface area contributed by atoms with Gasteiger partial charge in [0, 0.05) is 10.9 Å². The van der Waals surface area contributed by atoms with Crippen LogP contribution in [0, 0.1) is 13.8 Å². The molecule has 0 fully saturated rings. The number of hydrogen-bond donors (Lipinski definition) is 1. The Morgan fingerprint density at radius 3 is 2.74 bits per heavy atom. The Bertz CT molecular complexity index is 1220. The number of anilines is 1. The normalized spacial score (nSPS) is 10.9. The van der Waals surface area contributed by atoms with Crippen LogP contribution >= 0.6 is 11.3 Å². The first-order valence-corrected chi connectivity index (χ1v) is 9.26. The highest BCUT2D eigenvalue weighted by molar-refractivity contribution is 7.14. The largest absolute Gasteiger partial charge is 0.463 e. The van der Waals surface area contributed by atoms with Gasteiger partial charge in [0.15, 0.2) is 5.13 Å². The van der Waals surface area contributed by atoms with E-state index in [4.69, 9.17) is 4.42 Å². The van der Waals surface area contributed by atoms with E-state index >= 15 is 0 Å². The molecule has 0 saturated heterocycles. The van der Waals surface area contributed by atoms with Gasteiger partial charge in [-0.2, -0.15) is 0 Å². The Hall–Kier alpha value is -3.25. The molecule has 27 heavy (non-hydrogen) atoms. The molecule has 0 radical (unpaired) electrons. The van der Waals surface area contributed by atoms with Crippen molar-refractivity contribution in [1.82, 2.24) is 4.98 Å². The highest BCUT2D eigenvalue weighted by Crippen LogP contribution is 2.26. The number of amides is 1. The Labute approximate surface area is 159 Å². The number of thiazole rings is 1. The molecule has 1 N–H and O–H groups in total. The zero-order valence-corrected chi connectivity index (χ0v) is 15.6. The van der Waals surface area contributed by atoms with Crippen molar-refractivity contribution in [1.29, 1.82) is 0 Å². The summed E-state index contributed by atoms with van der Waals surface area (Å²) in [6.45, 7) is 4.10. The average molecular weight is 376 g/mol. The molecular formula is C21H16N2O3S. The SMILES string of the molecule is Cc1ccc(-c2csc(NC(=O)c3coc4ccccc4c3=O)n2)cc1C. The minimum absolute atomic E-state index is 0.0448. The second kappa shape index (κ2) is 6.81. The fraction of sp³-hybridized carbons (Fsp3) is 0.0952. The summed E-state index contributed by atoms with van der Waals surface area (Å²) in [7, 11) is 0. The Morgan fingerprint density at radius 1 is 1.11 bits per heavy atom. The maximum atomic E-state index is 12.5. The summed E-state index contributed by atoms with van der Waals surface area (Å²) in [6.07, 6.45) is 1.19. The molecule has 0 spiro atoms. The van der Waals surface area contributed by atoms with Crippen molar-refractivity contribution in [3.63, 3.8) is 0 Å². The number of benzene rings is 2. The molecule has 0 bridgehead atoms. The Morgan fingerprint density at radius 2 is 1.93 bits per heavy atom. The zero-order chi connectivity index (χ0) is 19.0. The Kier molecular flexibility index (Phi) is 4.33. The molecular weight excluding hydrogens is 360 g/mol. The third-order valence-corrected chi connectivity index (χ3v) is 5.21. The molecule has 0 unspecified atom stereocenters. The third kappa shape index (κ3) is 3.27. The van der Waals surface area contributed by atoms with Crippen molar-refractivity contribution >= 4 is 33.3 Å². The van der Waals surface area contributed by atoms with Gasteiger partial charge in [0.05, 0.1) is 11.1 Å². The summed E-state index contributed by atoms with van der Waals surface area (Å²) < 4.78 is 5.40. The van der Waals surface area contributed by atoms with Gasteiger partial charge in [-0.25, -0.2) is 4.98 Å². The number of fused-ring (bicyclic) bond motifs is 1. The first-order chi connectivity index (χ1) is 13.0. The average Bonchev–Trinajstić information content (AvgIpc) is 3.13. The molecule has 0 atom stereocenters. The van der Waals surface area contributed by atoms with Crippen molar-refractivity contribution in [3.05, 3.63) is 81.0 Å². The number of para-hydroxylation sites is 1. The van der Waals surface area contributed by atoms with Gasteiger partial charge in [-0.15, -0.1) is 11.3 Å². The second-order valence-electron chi connectivity index (χ2n) is 6.27. The maximum Gasteiger partial charge on any atom is 0.264 e. The van der Waals surface area contributed by atoms with Gasteiger partial charge >= 0.3 is 0 Å². The zero-order valence-electron chi connectivity index (χ0n) is 14.8. The molecule has 0 saturated carbocycles. The third-order valence-electron chi connectivity index (χ3n) is 4.45. The van der Waals surface area contributed by atoms with Crippen molar-refractivity contribution < 1.29 is 9.21 Å². The van der Waals surface area contributed by atoms with E-state index in [1.807, 2.05) is 24.4 Å². The van der Waals surface area contributed by atoms with E-state index < -0.39 is 5.91 Å². The molecule has 0 aliphatic rings. The molecule has 0 aliphatic heterocycles.